The van der Waals surface area contributed by atoms with Gasteiger partial charge in [0.1, 0.15) is 18.1 Å². The molecule has 0 atom stereocenters. The Labute approximate surface area is 187 Å². The third-order valence-electron chi connectivity index (χ3n) is 5.64. The highest BCUT2D eigenvalue weighted by atomic mass is 16.5. The fraction of sp³-hybridized carbons (Fsp3) is 0.280. The van der Waals surface area contributed by atoms with E-state index in [2.05, 4.69) is 17.0 Å². The zero-order chi connectivity index (χ0) is 22.5. The molecule has 1 saturated heterocycles. The van der Waals surface area contributed by atoms with Crippen LogP contribution in [0, 0.1) is 0 Å². The zero-order valence-corrected chi connectivity index (χ0v) is 18.4. The summed E-state index contributed by atoms with van der Waals surface area (Å²) in [7, 11) is 3.36. The zero-order valence-electron chi connectivity index (χ0n) is 18.4. The van der Waals surface area contributed by atoms with Crippen LogP contribution < -0.4 is 19.8 Å². The molecule has 1 fully saturated rings. The van der Waals surface area contributed by atoms with Gasteiger partial charge in [-0.1, -0.05) is 30.3 Å². The molecule has 7 nitrogen and oxygen atoms in total. The van der Waals surface area contributed by atoms with Crippen molar-refractivity contribution in [2.24, 2.45) is 7.05 Å². The molecular formula is C25H27N3O4. The van der Waals surface area contributed by atoms with Gasteiger partial charge in [0.25, 0.3) is 5.91 Å². The number of carbonyl (C=O) groups excluding carboxylic acids is 1. The molecule has 1 amide bonds. The van der Waals surface area contributed by atoms with Crippen molar-refractivity contribution >= 4 is 11.6 Å². The quantitative estimate of drug-likeness (QED) is 0.598. The van der Waals surface area contributed by atoms with Crippen molar-refractivity contribution in [1.29, 1.82) is 0 Å². The number of benzene rings is 2. The van der Waals surface area contributed by atoms with E-state index in [1.165, 1.54) is 6.07 Å². The second-order valence-electron chi connectivity index (χ2n) is 7.75. The summed E-state index contributed by atoms with van der Waals surface area (Å²) < 4.78 is 12.6. The molecule has 0 bridgehead atoms. The van der Waals surface area contributed by atoms with E-state index in [1.54, 1.807) is 29.8 Å². The van der Waals surface area contributed by atoms with E-state index in [9.17, 15) is 9.59 Å². The predicted molar refractivity (Wildman–Crippen MR) is 124 cm³/mol. The predicted octanol–water partition coefficient (Wildman–Crippen LogP) is 2.94. The average Bonchev–Trinajstić information content (AvgIpc) is 2.84. The summed E-state index contributed by atoms with van der Waals surface area (Å²) in [5.74, 6) is 0.796. The Bertz CT molecular complexity index is 1140. The Morgan fingerprint density at radius 2 is 1.72 bits per heavy atom. The minimum atomic E-state index is -0.308. The lowest BCUT2D eigenvalue weighted by molar-refractivity contribution is 0.0736. The number of anilines is 1. The molecule has 4 rings (SSSR count). The standard InChI is InChI=1S/C25H27N3O4/c1-26-17-24(32-18-19-7-6-10-21(15-19)31-2)23(29)16-22(26)25(30)28-13-11-27(12-14-28)20-8-4-3-5-9-20/h3-10,15-17H,11-14,18H2,1-2H3. The molecular weight excluding hydrogens is 406 g/mol. The van der Waals surface area contributed by atoms with Crippen LogP contribution in [0.2, 0.25) is 0 Å². The fourth-order valence-corrected chi connectivity index (χ4v) is 3.82. The molecule has 2 heterocycles. The van der Waals surface area contributed by atoms with Crippen molar-refractivity contribution in [1.82, 2.24) is 9.47 Å². The minimum absolute atomic E-state index is 0.142. The van der Waals surface area contributed by atoms with Crippen LogP contribution in [0.4, 0.5) is 5.69 Å². The molecule has 0 spiro atoms. The first-order chi connectivity index (χ1) is 15.5. The van der Waals surface area contributed by atoms with Crippen molar-refractivity contribution in [3.63, 3.8) is 0 Å². The van der Waals surface area contributed by atoms with E-state index < -0.39 is 0 Å². The van der Waals surface area contributed by atoms with Gasteiger partial charge in [-0.05, 0) is 29.8 Å². The van der Waals surface area contributed by atoms with Crippen LogP contribution in [-0.2, 0) is 13.7 Å². The number of piperazine rings is 1. The molecule has 0 radical (unpaired) electrons. The lowest BCUT2D eigenvalue weighted by atomic mass is 10.2. The maximum atomic E-state index is 13.1. The van der Waals surface area contributed by atoms with Crippen molar-refractivity contribution < 1.29 is 14.3 Å². The van der Waals surface area contributed by atoms with Crippen LogP contribution in [0.1, 0.15) is 16.1 Å². The molecule has 0 aliphatic carbocycles. The Kier molecular flexibility index (Phi) is 6.44. The van der Waals surface area contributed by atoms with Crippen LogP contribution in [-0.4, -0.2) is 48.7 Å². The number of carbonyl (C=O) groups is 1. The topological polar surface area (TPSA) is 64.0 Å². The first-order valence-corrected chi connectivity index (χ1v) is 10.6. The molecule has 166 valence electrons. The molecule has 1 aromatic heterocycles. The summed E-state index contributed by atoms with van der Waals surface area (Å²) in [5.41, 5.74) is 2.10. The van der Waals surface area contributed by atoms with E-state index >= 15 is 0 Å². The highest BCUT2D eigenvalue weighted by Gasteiger charge is 2.24. The number of nitrogens with zero attached hydrogens (tertiary/aromatic N) is 3. The van der Waals surface area contributed by atoms with Crippen molar-refractivity contribution in [2.45, 2.75) is 6.61 Å². The number of hydrogen-bond acceptors (Lipinski definition) is 5. The van der Waals surface area contributed by atoms with E-state index in [4.69, 9.17) is 9.47 Å². The number of pyridine rings is 1. The van der Waals surface area contributed by atoms with Crippen LogP contribution in [0.3, 0.4) is 0 Å². The second-order valence-corrected chi connectivity index (χ2v) is 7.75. The third kappa shape index (κ3) is 4.77. The van der Waals surface area contributed by atoms with Crippen LogP contribution in [0.25, 0.3) is 0 Å². The van der Waals surface area contributed by atoms with Crippen molar-refractivity contribution in [3.8, 4) is 11.5 Å². The summed E-state index contributed by atoms with van der Waals surface area (Å²) in [4.78, 5) is 29.7. The van der Waals surface area contributed by atoms with E-state index in [0.717, 1.165) is 30.1 Å². The molecule has 2 aromatic carbocycles. The van der Waals surface area contributed by atoms with Gasteiger partial charge in [0.2, 0.25) is 5.43 Å². The third-order valence-corrected chi connectivity index (χ3v) is 5.64. The van der Waals surface area contributed by atoms with Crippen molar-refractivity contribution in [2.75, 3.05) is 38.2 Å². The monoisotopic (exact) mass is 433 g/mol. The first-order valence-electron chi connectivity index (χ1n) is 10.6. The fourth-order valence-electron chi connectivity index (χ4n) is 3.82. The van der Waals surface area contributed by atoms with E-state index in [1.807, 2.05) is 42.5 Å². The van der Waals surface area contributed by atoms with Gasteiger partial charge in [0, 0.05) is 45.0 Å². The van der Waals surface area contributed by atoms with Gasteiger partial charge in [-0.25, -0.2) is 0 Å². The maximum Gasteiger partial charge on any atom is 0.270 e. The van der Waals surface area contributed by atoms with Gasteiger partial charge in [0.05, 0.1) is 13.3 Å². The number of amides is 1. The summed E-state index contributed by atoms with van der Waals surface area (Å²) >= 11 is 0. The lowest BCUT2D eigenvalue weighted by Gasteiger charge is -2.36. The highest BCUT2D eigenvalue weighted by Crippen LogP contribution is 2.18. The Morgan fingerprint density at radius 3 is 2.44 bits per heavy atom. The lowest BCUT2D eigenvalue weighted by Crippen LogP contribution is -2.49. The largest absolute Gasteiger partial charge is 0.497 e. The number of ether oxygens (including phenoxy) is 2. The number of aryl methyl sites for hydroxylation is 1. The van der Waals surface area contributed by atoms with Crippen LogP contribution >= 0.6 is 0 Å². The normalized spacial score (nSPS) is 13.7. The Hall–Kier alpha value is -3.74. The average molecular weight is 434 g/mol. The van der Waals surface area contributed by atoms with Gasteiger partial charge in [0.15, 0.2) is 5.75 Å². The van der Waals surface area contributed by atoms with E-state index in [-0.39, 0.29) is 23.7 Å². The summed E-state index contributed by atoms with van der Waals surface area (Å²) in [5, 5.41) is 0. The Balaban J connectivity index is 1.41. The number of hydrogen-bond donors (Lipinski definition) is 0. The van der Waals surface area contributed by atoms with Crippen molar-refractivity contribution in [3.05, 3.63) is 88.3 Å². The molecule has 3 aromatic rings. The summed E-state index contributed by atoms with van der Waals surface area (Å²) in [6, 6.07) is 19.0. The summed E-state index contributed by atoms with van der Waals surface area (Å²) in [6.45, 7) is 2.96. The van der Waals surface area contributed by atoms with Crippen LogP contribution in [0.5, 0.6) is 11.5 Å². The Morgan fingerprint density at radius 1 is 0.969 bits per heavy atom. The van der Waals surface area contributed by atoms with Gasteiger partial charge in [-0.15, -0.1) is 0 Å². The van der Waals surface area contributed by atoms with Gasteiger partial charge < -0.3 is 23.8 Å². The molecule has 32 heavy (non-hydrogen) atoms. The van der Waals surface area contributed by atoms with Gasteiger partial charge >= 0.3 is 0 Å². The number of aromatic nitrogens is 1. The highest BCUT2D eigenvalue weighted by molar-refractivity contribution is 5.92. The molecule has 0 N–H and O–H groups in total. The molecule has 0 saturated carbocycles. The molecule has 0 unspecified atom stereocenters. The smallest absolute Gasteiger partial charge is 0.270 e. The maximum absolute atomic E-state index is 13.1. The van der Waals surface area contributed by atoms with Crippen LogP contribution in [0.15, 0.2) is 71.7 Å². The van der Waals surface area contributed by atoms with Gasteiger partial charge in [-0.3, -0.25) is 9.59 Å². The SMILES string of the molecule is COc1cccc(COc2cn(C)c(C(=O)N3CCN(c4ccccc4)CC3)cc2=O)c1. The summed E-state index contributed by atoms with van der Waals surface area (Å²) in [6.07, 6.45) is 1.58. The molecule has 1 aliphatic rings. The number of para-hydroxylation sites is 1. The van der Waals surface area contributed by atoms with E-state index in [0.29, 0.717) is 18.8 Å². The molecule has 1 aliphatic heterocycles. The number of rotatable bonds is 6. The number of methoxy groups -OCH3 is 1. The van der Waals surface area contributed by atoms with Gasteiger partial charge in [-0.2, -0.15) is 0 Å². The molecule has 7 heteroatoms. The first kappa shape index (κ1) is 21.5. The second kappa shape index (κ2) is 9.60. The minimum Gasteiger partial charge on any atom is -0.497 e.